The van der Waals surface area contributed by atoms with E-state index in [1.165, 1.54) is 17.8 Å². The van der Waals surface area contributed by atoms with Gasteiger partial charge in [0.15, 0.2) is 5.16 Å². The lowest BCUT2D eigenvalue weighted by molar-refractivity contribution is 0.141. The average molecular weight is 540 g/mol. The van der Waals surface area contributed by atoms with E-state index in [4.69, 9.17) is 21.3 Å². The van der Waals surface area contributed by atoms with E-state index in [-0.39, 0.29) is 10.7 Å². The lowest BCUT2D eigenvalue weighted by atomic mass is 10.0. The van der Waals surface area contributed by atoms with E-state index in [1.54, 1.807) is 28.6 Å². The summed E-state index contributed by atoms with van der Waals surface area (Å²) in [6.45, 7) is 7.03. The number of thioether (sulfide) groups is 1. The molecule has 1 fully saturated rings. The van der Waals surface area contributed by atoms with Crippen molar-refractivity contribution in [2.75, 3.05) is 26.3 Å². The Balaban J connectivity index is 1.65. The van der Waals surface area contributed by atoms with Gasteiger partial charge in [-0.05, 0) is 62.4 Å². The predicted octanol–water partition coefficient (Wildman–Crippen LogP) is 5.97. The number of rotatable bonds is 10. The van der Waals surface area contributed by atoms with Crippen LogP contribution < -0.4 is 0 Å². The number of benzene rings is 2. The van der Waals surface area contributed by atoms with Gasteiger partial charge in [0.05, 0.1) is 15.9 Å². The topological polar surface area (TPSA) is 64.4 Å². The first-order valence-corrected chi connectivity index (χ1v) is 14.8. The minimum atomic E-state index is -3.59. The van der Waals surface area contributed by atoms with Crippen molar-refractivity contribution in [3.8, 4) is 0 Å². The molecule has 1 saturated heterocycles. The number of nitrogens with zero attached hydrogens (tertiary/aromatic N) is 3. The molecule has 0 spiro atoms. The summed E-state index contributed by atoms with van der Waals surface area (Å²) >= 11 is 7.61. The highest BCUT2D eigenvalue weighted by molar-refractivity contribution is 7.98. The highest BCUT2D eigenvalue weighted by Gasteiger charge is 2.29. The first kappa shape index (κ1) is 26.4. The largest absolute Gasteiger partial charge is 0.382 e. The van der Waals surface area contributed by atoms with Crippen LogP contribution in [0.1, 0.15) is 38.7 Å². The van der Waals surface area contributed by atoms with Crippen LogP contribution in [0, 0.1) is 11.7 Å². The van der Waals surface area contributed by atoms with Gasteiger partial charge in [0.2, 0.25) is 10.0 Å². The second-order valence-corrected chi connectivity index (χ2v) is 12.1. The molecular weight excluding hydrogens is 509 g/mol. The van der Waals surface area contributed by atoms with Crippen LogP contribution in [-0.2, 0) is 27.1 Å². The van der Waals surface area contributed by atoms with Crippen LogP contribution in [0.15, 0.2) is 46.5 Å². The Hall–Kier alpha value is -1.65. The molecule has 190 valence electrons. The van der Waals surface area contributed by atoms with Gasteiger partial charge in [-0.25, -0.2) is 17.8 Å². The van der Waals surface area contributed by atoms with Gasteiger partial charge in [0.1, 0.15) is 5.82 Å². The summed E-state index contributed by atoms with van der Waals surface area (Å²) in [6, 6.07) is 9.79. The Kier molecular flexibility index (Phi) is 8.76. The zero-order chi connectivity index (χ0) is 25.0. The molecule has 0 N–H and O–H groups in total. The Labute approximate surface area is 215 Å². The summed E-state index contributed by atoms with van der Waals surface area (Å²) in [5.41, 5.74) is 1.87. The number of piperidine rings is 1. The predicted molar refractivity (Wildman–Crippen MR) is 139 cm³/mol. The van der Waals surface area contributed by atoms with Gasteiger partial charge in [-0.1, -0.05) is 36.4 Å². The van der Waals surface area contributed by atoms with Crippen molar-refractivity contribution in [3.63, 3.8) is 0 Å². The van der Waals surface area contributed by atoms with Gasteiger partial charge in [-0.2, -0.15) is 4.31 Å². The number of sulfonamides is 1. The minimum absolute atomic E-state index is 0.256. The molecule has 1 aromatic heterocycles. The maximum Gasteiger partial charge on any atom is 0.243 e. The zero-order valence-electron chi connectivity index (χ0n) is 20.0. The fourth-order valence-electron chi connectivity index (χ4n) is 4.36. The Morgan fingerprint density at radius 1 is 1.29 bits per heavy atom. The fourth-order valence-corrected chi connectivity index (χ4v) is 7.37. The molecule has 2 aromatic carbocycles. The number of fused-ring (bicyclic) bond motifs is 1. The van der Waals surface area contributed by atoms with E-state index in [2.05, 4.69) is 6.92 Å². The lowest BCUT2D eigenvalue weighted by Crippen LogP contribution is -2.39. The van der Waals surface area contributed by atoms with Gasteiger partial charge in [-0.3, -0.25) is 0 Å². The third-order valence-corrected chi connectivity index (χ3v) is 9.44. The first-order chi connectivity index (χ1) is 16.8. The molecule has 0 aliphatic carbocycles. The van der Waals surface area contributed by atoms with E-state index in [1.807, 2.05) is 17.6 Å². The van der Waals surface area contributed by atoms with Crippen LogP contribution >= 0.6 is 23.4 Å². The molecule has 1 atom stereocenters. The molecule has 0 radical (unpaired) electrons. The van der Waals surface area contributed by atoms with Crippen molar-refractivity contribution in [2.45, 2.75) is 55.5 Å². The number of hydrogen-bond acceptors (Lipinski definition) is 5. The van der Waals surface area contributed by atoms with E-state index in [0.717, 1.165) is 24.8 Å². The smallest absolute Gasteiger partial charge is 0.243 e. The highest BCUT2D eigenvalue weighted by atomic mass is 35.5. The normalized spacial score (nSPS) is 17.3. The van der Waals surface area contributed by atoms with Gasteiger partial charge < -0.3 is 9.30 Å². The van der Waals surface area contributed by atoms with Crippen LogP contribution in [0.3, 0.4) is 0 Å². The molecule has 4 rings (SSSR count). The molecular formula is C25H31ClFN3O3S2. The molecule has 1 aliphatic rings. The van der Waals surface area contributed by atoms with Crippen molar-refractivity contribution >= 4 is 44.4 Å². The van der Waals surface area contributed by atoms with Gasteiger partial charge in [0, 0.05) is 49.2 Å². The Morgan fingerprint density at radius 2 is 2.11 bits per heavy atom. The Morgan fingerprint density at radius 3 is 2.86 bits per heavy atom. The number of imidazole rings is 1. The first-order valence-electron chi connectivity index (χ1n) is 11.9. The van der Waals surface area contributed by atoms with Gasteiger partial charge in [0.25, 0.3) is 0 Å². The van der Waals surface area contributed by atoms with E-state index < -0.39 is 10.0 Å². The number of aryl methyl sites for hydroxylation is 1. The Bertz CT molecular complexity index is 1260. The molecule has 0 unspecified atom stereocenters. The summed E-state index contributed by atoms with van der Waals surface area (Å²) in [4.78, 5) is 5.01. The maximum atomic E-state index is 14.3. The number of aromatic nitrogens is 2. The molecule has 0 bridgehead atoms. The standard InChI is InChI=1S/C25H31ClFN3O3S2/c1-3-33-14-6-13-30-24-11-10-19(35(31,32)29-12-5-7-18(2)16-29)15-23(24)28-25(30)34-17-20-21(26)8-4-9-22(20)27/h4,8-11,15,18H,3,5-7,12-14,16-17H2,1-2H3/t18-/m1/s1. The van der Waals surface area contributed by atoms with Gasteiger partial charge >= 0.3 is 0 Å². The fraction of sp³-hybridized carbons (Fsp3) is 0.480. The molecule has 10 heteroatoms. The van der Waals surface area contributed by atoms with Crippen LogP contribution in [0.25, 0.3) is 11.0 Å². The highest BCUT2D eigenvalue weighted by Crippen LogP contribution is 2.32. The van der Waals surface area contributed by atoms with Crippen molar-refractivity contribution in [1.29, 1.82) is 0 Å². The van der Waals surface area contributed by atoms with Crippen LogP contribution in [0.4, 0.5) is 4.39 Å². The van der Waals surface area contributed by atoms with Crippen LogP contribution in [0.2, 0.25) is 5.02 Å². The third-order valence-electron chi connectivity index (χ3n) is 6.22. The SMILES string of the molecule is CCOCCCn1c(SCc2c(F)cccc2Cl)nc2cc(S(=O)(=O)N3CCC[C@@H](C)C3)ccc21. The summed E-state index contributed by atoms with van der Waals surface area (Å²) in [5, 5.41) is 1.07. The second-order valence-electron chi connectivity index (χ2n) is 8.85. The lowest BCUT2D eigenvalue weighted by Gasteiger charge is -2.30. The summed E-state index contributed by atoms with van der Waals surface area (Å²) in [6.07, 6.45) is 2.69. The number of hydrogen-bond donors (Lipinski definition) is 0. The van der Waals surface area contributed by atoms with Crippen molar-refractivity contribution in [3.05, 3.63) is 52.8 Å². The molecule has 2 heterocycles. The number of ether oxygens (including phenoxy) is 1. The zero-order valence-corrected chi connectivity index (χ0v) is 22.4. The van der Waals surface area contributed by atoms with E-state index >= 15 is 0 Å². The summed E-state index contributed by atoms with van der Waals surface area (Å²) in [5.74, 6) is 0.310. The molecule has 35 heavy (non-hydrogen) atoms. The summed E-state index contributed by atoms with van der Waals surface area (Å²) in [7, 11) is -3.59. The molecule has 0 saturated carbocycles. The molecule has 6 nitrogen and oxygen atoms in total. The number of halogens is 2. The summed E-state index contributed by atoms with van der Waals surface area (Å²) < 4.78 is 50.1. The van der Waals surface area contributed by atoms with Crippen molar-refractivity contribution in [2.24, 2.45) is 5.92 Å². The van der Waals surface area contributed by atoms with Crippen LogP contribution in [0.5, 0.6) is 0 Å². The monoisotopic (exact) mass is 539 g/mol. The maximum absolute atomic E-state index is 14.3. The molecule has 0 amide bonds. The third kappa shape index (κ3) is 6.02. The van der Waals surface area contributed by atoms with Crippen molar-refractivity contribution in [1.82, 2.24) is 13.9 Å². The van der Waals surface area contributed by atoms with E-state index in [0.29, 0.717) is 65.8 Å². The molecule has 3 aromatic rings. The quantitative estimate of drug-likeness (QED) is 0.235. The average Bonchev–Trinajstić information content (AvgIpc) is 3.18. The van der Waals surface area contributed by atoms with Crippen LogP contribution in [-0.4, -0.2) is 48.6 Å². The second kappa shape index (κ2) is 11.6. The van der Waals surface area contributed by atoms with Gasteiger partial charge in [-0.15, -0.1) is 0 Å². The van der Waals surface area contributed by atoms with E-state index in [9.17, 15) is 12.8 Å². The van der Waals surface area contributed by atoms with Crippen molar-refractivity contribution < 1.29 is 17.5 Å². The molecule has 1 aliphatic heterocycles. The minimum Gasteiger partial charge on any atom is -0.382 e.